The Morgan fingerprint density at radius 3 is 2.85 bits per heavy atom. The molecular weight excluding hydrogens is 351 g/mol. The van der Waals surface area contributed by atoms with E-state index in [2.05, 4.69) is 36.3 Å². The van der Waals surface area contributed by atoms with Gasteiger partial charge in [0.05, 0.1) is 11.3 Å². The third-order valence-corrected chi connectivity index (χ3v) is 5.51. The molecule has 140 valence electrons. The van der Waals surface area contributed by atoms with Gasteiger partial charge in [-0.25, -0.2) is 4.39 Å². The average molecular weight is 377 g/mol. The highest BCUT2D eigenvalue weighted by Gasteiger charge is 2.19. The van der Waals surface area contributed by atoms with Gasteiger partial charge >= 0.3 is 0 Å². The van der Waals surface area contributed by atoms with Crippen molar-refractivity contribution in [3.8, 4) is 11.4 Å². The number of hydrogen-bond acceptors (Lipinski definition) is 4. The van der Waals surface area contributed by atoms with E-state index in [9.17, 15) is 9.18 Å². The molecule has 1 aliphatic heterocycles. The van der Waals surface area contributed by atoms with Crippen LogP contribution in [0.1, 0.15) is 45.9 Å². The molecule has 1 aromatic heterocycles. The number of carbonyl (C=O) groups is 1. The van der Waals surface area contributed by atoms with Crippen molar-refractivity contribution in [3.63, 3.8) is 0 Å². The highest BCUT2D eigenvalue weighted by molar-refractivity contribution is 8.01. The van der Waals surface area contributed by atoms with Crippen LogP contribution in [-0.2, 0) is 17.8 Å². The summed E-state index contributed by atoms with van der Waals surface area (Å²) < 4.78 is 16.5. The Hall–Kier alpha value is -1.89. The highest BCUT2D eigenvalue weighted by Crippen LogP contribution is 2.28. The zero-order chi connectivity index (χ0) is 18.7. The maximum atomic E-state index is 14.4. The van der Waals surface area contributed by atoms with Crippen LogP contribution in [0.2, 0.25) is 0 Å². The third-order valence-electron chi connectivity index (χ3n) is 4.24. The lowest BCUT2D eigenvalue weighted by atomic mass is 10.1. The Kier molecular flexibility index (Phi) is 5.65. The van der Waals surface area contributed by atoms with Crippen LogP contribution in [0.5, 0.6) is 0 Å². The first-order valence-electron chi connectivity index (χ1n) is 8.99. The van der Waals surface area contributed by atoms with Gasteiger partial charge in [0.2, 0.25) is 5.91 Å². The number of benzene rings is 1. The molecule has 0 bridgehead atoms. The first-order chi connectivity index (χ1) is 12.3. The molecule has 1 aromatic carbocycles. The molecule has 3 rings (SSSR count). The maximum absolute atomic E-state index is 14.4. The van der Waals surface area contributed by atoms with Crippen LogP contribution >= 0.6 is 11.8 Å². The topological polar surface area (TPSA) is 59.8 Å². The Labute approximate surface area is 157 Å². The van der Waals surface area contributed by atoms with Crippen molar-refractivity contribution < 1.29 is 9.18 Å². The van der Waals surface area contributed by atoms with E-state index in [1.54, 1.807) is 23.9 Å². The summed E-state index contributed by atoms with van der Waals surface area (Å²) >= 11 is 1.57. The molecule has 0 aliphatic carbocycles. The molecule has 5 nitrogen and oxygen atoms in total. The first kappa shape index (κ1) is 18.9. The number of thioether (sulfide) groups is 1. The van der Waals surface area contributed by atoms with E-state index in [1.807, 2.05) is 4.57 Å². The molecule has 2 aromatic rings. The fraction of sp³-hybridized carbons (Fsp3) is 0.526. The van der Waals surface area contributed by atoms with E-state index in [0.717, 1.165) is 38.1 Å². The highest BCUT2D eigenvalue weighted by atomic mass is 32.2. The Morgan fingerprint density at radius 2 is 2.08 bits per heavy atom. The Bertz CT molecular complexity index is 797. The standard InChI is InChI=1S/C19H25FN4OS/c1-19(2,3)26-12-17(25)21-13-8-9-15(20)14(11-13)18-23-22-16-7-5-4-6-10-24(16)18/h8-9,11H,4-7,10,12H2,1-3H3,(H,21,25). The molecule has 26 heavy (non-hydrogen) atoms. The molecule has 0 radical (unpaired) electrons. The van der Waals surface area contributed by atoms with E-state index in [-0.39, 0.29) is 16.5 Å². The van der Waals surface area contributed by atoms with Gasteiger partial charge in [0.15, 0.2) is 5.82 Å². The van der Waals surface area contributed by atoms with Crippen molar-refractivity contribution in [1.82, 2.24) is 14.8 Å². The maximum Gasteiger partial charge on any atom is 0.234 e. The van der Waals surface area contributed by atoms with Crippen LogP contribution in [0, 0.1) is 5.82 Å². The van der Waals surface area contributed by atoms with Gasteiger partial charge in [-0.05, 0) is 31.0 Å². The zero-order valence-corrected chi connectivity index (χ0v) is 16.3. The number of hydrogen-bond donors (Lipinski definition) is 1. The second-order valence-electron chi connectivity index (χ2n) is 7.55. The largest absolute Gasteiger partial charge is 0.325 e. The first-order valence-corrected chi connectivity index (χ1v) is 9.98. The molecule has 0 atom stereocenters. The number of anilines is 1. The molecule has 0 saturated heterocycles. The lowest BCUT2D eigenvalue weighted by Gasteiger charge is -2.17. The second-order valence-corrected chi connectivity index (χ2v) is 9.35. The molecule has 0 fully saturated rings. The van der Waals surface area contributed by atoms with Crippen molar-refractivity contribution in [2.75, 3.05) is 11.1 Å². The van der Waals surface area contributed by atoms with Crippen molar-refractivity contribution in [2.45, 2.75) is 57.7 Å². The van der Waals surface area contributed by atoms with E-state index in [1.165, 1.54) is 6.07 Å². The van der Waals surface area contributed by atoms with E-state index < -0.39 is 0 Å². The summed E-state index contributed by atoms with van der Waals surface area (Å²) in [6.07, 6.45) is 4.14. The third kappa shape index (κ3) is 4.63. The van der Waals surface area contributed by atoms with Gasteiger partial charge in [0.1, 0.15) is 11.6 Å². The van der Waals surface area contributed by atoms with Gasteiger partial charge < -0.3 is 9.88 Å². The van der Waals surface area contributed by atoms with Gasteiger partial charge in [0.25, 0.3) is 0 Å². The number of rotatable bonds is 4. The minimum atomic E-state index is -0.355. The van der Waals surface area contributed by atoms with Gasteiger partial charge in [-0.2, -0.15) is 0 Å². The van der Waals surface area contributed by atoms with Crippen LogP contribution in [-0.4, -0.2) is 31.2 Å². The van der Waals surface area contributed by atoms with Crippen LogP contribution in [0.15, 0.2) is 18.2 Å². The Morgan fingerprint density at radius 1 is 1.27 bits per heavy atom. The molecule has 1 amide bonds. The van der Waals surface area contributed by atoms with E-state index in [4.69, 9.17) is 0 Å². The van der Waals surface area contributed by atoms with Crippen molar-refractivity contribution >= 4 is 23.4 Å². The number of nitrogens with zero attached hydrogens (tertiary/aromatic N) is 3. The number of halogens is 1. The second kappa shape index (κ2) is 7.78. The summed E-state index contributed by atoms with van der Waals surface area (Å²) in [4.78, 5) is 12.2. The van der Waals surface area contributed by atoms with Gasteiger partial charge in [-0.15, -0.1) is 22.0 Å². The summed E-state index contributed by atoms with van der Waals surface area (Å²) in [5, 5.41) is 11.3. The molecule has 1 aliphatic rings. The van der Waals surface area contributed by atoms with Crippen molar-refractivity contribution in [3.05, 3.63) is 29.8 Å². The summed E-state index contributed by atoms with van der Waals surface area (Å²) in [5.74, 6) is 1.36. The van der Waals surface area contributed by atoms with Crippen LogP contribution in [0.25, 0.3) is 11.4 Å². The summed E-state index contributed by atoms with van der Waals surface area (Å²) in [6.45, 7) is 7.00. The number of amides is 1. The lowest BCUT2D eigenvalue weighted by molar-refractivity contribution is -0.113. The molecule has 0 saturated carbocycles. The fourth-order valence-corrected chi connectivity index (χ4v) is 3.57. The number of nitrogens with one attached hydrogen (secondary N) is 1. The molecule has 1 N–H and O–H groups in total. The molecule has 2 heterocycles. The fourth-order valence-electron chi connectivity index (χ4n) is 2.94. The predicted molar refractivity (Wildman–Crippen MR) is 104 cm³/mol. The number of aromatic nitrogens is 3. The molecular formula is C19H25FN4OS. The van der Waals surface area contributed by atoms with Crippen LogP contribution in [0.4, 0.5) is 10.1 Å². The predicted octanol–water partition coefficient (Wildman–Crippen LogP) is 4.28. The summed E-state index contributed by atoms with van der Waals surface area (Å²) in [7, 11) is 0. The van der Waals surface area contributed by atoms with Crippen molar-refractivity contribution in [1.29, 1.82) is 0 Å². The smallest absolute Gasteiger partial charge is 0.234 e. The summed E-state index contributed by atoms with van der Waals surface area (Å²) in [6, 6.07) is 4.61. The minimum Gasteiger partial charge on any atom is -0.325 e. The molecule has 0 unspecified atom stereocenters. The minimum absolute atomic E-state index is 0.0182. The van der Waals surface area contributed by atoms with Gasteiger partial charge in [-0.1, -0.05) is 27.2 Å². The molecule has 7 heteroatoms. The van der Waals surface area contributed by atoms with Gasteiger partial charge in [-0.3, -0.25) is 4.79 Å². The van der Waals surface area contributed by atoms with Crippen molar-refractivity contribution in [2.24, 2.45) is 0 Å². The molecule has 0 spiro atoms. The Balaban J connectivity index is 1.81. The van der Waals surface area contributed by atoms with Gasteiger partial charge in [0, 0.05) is 23.4 Å². The monoisotopic (exact) mass is 376 g/mol. The summed E-state index contributed by atoms with van der Waals surface area (Å²) in [5.41, 5.74) is 0.957. The number of carbonyl (C=O) groups excluding carboxylic acids is 1. The number of aryl methyl sites for hydroxylation is 1. The van der Waals surface area contributed by atoms with E-state index >= 15 is 0 Å². The lowest BCUT2D eigenvalue weighted by Crippen LogP contribution is -2.19. The average Bonchev–Trinajstić information content (AvgIpc) is 2.82. The quantitative estimate of drug-likeness (QED) is 0.865. The number of fused-ring (bicyclic) bond motifs is 1. The SMILES string of the molecule is CC(C)(C)SCC(=O)Nc1ccc(F)c(-c2nnc3n2CCCCC3)c1. The van der Waals surface area contributed by atoms with Crippen LogP contribution < -0.4 is 5.32 Å². The zero-order valence-electron chi connectivity index (χ0n) is 15.5. The van der Waals surface area contributed by atoms with Crippen LogP contribution in [0.3, 0.4) is 0 Å². The normalized spacial score (nSPS) is 14.6. The van der Waals surface area contributed by atoms with E-state index in [0.29, 0.717) is 22.8 Å².